The first-order chi connectivity index (χ1) is 7.09. The normalized spacial score (nSPS) is 14.9. The summed E-state index contributed by atoms with van der Waals surface area (Å²) in [6.07, 6.45) is 1.88. The quantitative estimate of drug-likeness (QED) is 0.864. The summed E-state index contributed by atoms with van der Waals surface area (Å²) < 4.78 is 1.09. The first-order valence-electron chi connectivity index (χ1n) is 5.15. The number of hydrogen-bond donors (Lipinski definition) is 2. The number of nitrogens with two attached hydrogens (primary N) is 1. The predicted molar refractivity (Wildman–Crippen MR) is 66.7 cm³/mol. The molecule has 84 valence electrons. The zero-order valence-electron chi connectivity index (χ0n) is 9.04. The Morgan fingerprint density at radius 3 is 2.40 bits per heavy atom. The molecule has 0 amide bonds. The molecule has 15 heavy (non-hydrogen) atoms. The molecule has 1 unspecified atom stereocenters. The summed E-state index contributed by atoms with van der Waals surface area (Å²) in [4.78, 5) is 0. The van der Waals surface area contributed by atoms with Crippen molar-refractivity contribution in [3.05, 3.63) is 34.3 Å². The highest BCUT2D eigenvalue weighted by molar-refractivity contribution is 9.10. The molecule has 0 heterocycles. The fraction of sp³-hybridized carbons (Fsp3) is 0.500. The fourth-order valence-electron chi connectivity index (χ4n) is 1.34. The van der Waals surface area contributed by atoms with Crippen LogP contribution in [0.25, 0.3) is 0 Å². The van der Waals surface area contributed by atoms with Crippen molar-refractivity contribution in [2.24, 2.45) is 11.1 Å². The van der Waals surface area contributed by atoms with Gasteiger partial charge in [0.25, 0.3) is 0 Å². The van der Waals surface area contributed by atoms with Crippen molar-refractivity contribution in [2.45, 2.75) is 19.8 Å². The van der Waals surface area contributed by atoms with Crippen LogP contribution in [-0.2, 0) is 6.42 Å². The molecule has 1 atom stereocenters. The minimum Gasteiger partial charge on any atom is -0.396 e. The molecule has 0 fully saturated rings. The fourth-order valence-corrected chi connectivity index (χ4v) is 1.61. The Kier molecular flexibility index (Phi) is 4.77. The van der Waals surface area contributed by atoms with Crippen molar-refractivity contribution >= 4 is 15.9 Å². The zero-order chi connectivity index (χ0) is 11.3. The number of aliphatic hydroxyl groups excluding tert-OH is 1. The largest absolute Gasteiger partial charge is 0.396 e. The average molecular weight is 272 g/mol. The lowest BCUT2D eigenvalue weighted by Crippen LogP contribution is -2.31. The van der Waals surface area contributed by atoms with E-state index in [1.54, 1.807) is 0 Å². The van der Waals surface area contributed by atoms with E-state index in [0.717, 1.165) is 17.3 Å². The molecule has 3 N–H and O–H groups in total. The molecule has 0 saturated carbocycles. The summed E-state index contributed by atoms with van der Waals surface area (Å²) in [6.45, 7) is 2.70. The van der Waals surface area contributed by atoms with E-state index in [-0.39, 0.29) is 12.0 Å². The third kappa shape index (κ3) is 3.93. The van der Waals surface area contributed by atoms with Crippen molar-refractivity contribution in [2.75, 3.05) is 13.2 Å². The van der Waals surface area contributed by atoms with Gasteiger partial charge < -0.3 is 10.8 Å². The highest BCUT2D eigenvalue weighted by Crippen LogP contribution is 2.22. The van der Waals surface area contributed by atoms with E-state index in [4.69, 9.17) is 5.73 Å². The van der Waals surface area contributed by atoms with Gasteiger partial charge >= 0.3 is 0 Å². The van der Waals surface area contributed by atoms with Gasteiger partial charge in [0.05, 0.1) is 0 Å². The molecule has 2 nitrogen and oxygen atoms in total. The molecule has 3 heteroatoms. The molecular formula is C12H18BrNO. The van der Waals surface area contributed by atoms with Gasteiger partial charge in [-0.15, -0.1) is 0 Å². The standard InChI is InChI=1S/C12H18BrNO/c1-12(8-14,9-15)7-6-10-2-4-11(13)5-3-10/h2-5,15H,6-9,14H2,1H3. The lowest BCUT2D eigenvalue weighted by molar-refractivity contribution is 0.140. The van der Waals surface area contributed by atoms with Crippen LogP contribution in [0.15, 0.2) is 28.7 Å². The van der Waals surface area contributed by atoms with Crippen LogP contribution in [0.1, 0.15) is 18.9 Å². The van der Waals surface area contributed by atoms with E-state index in [1.807, 2.05) is 19.1 Å². The number of aliphatic hydroxyl groups is 1. The maximum Gasteiger partial charge on any atom is 0.0496 e. The van der Waals surface area contributed by atoms with Gasteiger partial charge in [0, 0.05) is 16.5 Å². The Balaban J connectivity index is 2.53. The second kappa shape index (κ2) is 5.64. The average Bonchev–Trinajstić information content (AvgIpc) is 2.28. The third-order valence-corrected chi connectivity index (χ3v) is 3.33. The van der Waals surface area contributed by atoms with Crippen LogP contribution in [0.3, 0.4) is 0 Å². The summed E-state index contributed by atoms with van der Waals surface area (Å²) in [6, 6.07) is 8.26. The van der Waals surface area contributed by atoms with Gasteiger partial charge in [0.1, 0.15) is 0 Å². The summed E-state index contributed by atoms with van der Waals surface area (Å²) in [5.74, 6) is 0. The van der Waals surface area contributed by atoms with Crippen LogP contribution < -0.4 is 5.73 Å². The molecular weight excluding hydrogens is 254 g/mol. The summed E-state index contributed by atoms with van der Waals surface area (Å²) in [7, 11) is 0. The topological polar surface area (TPSA) is 46.2 Å². The highest BCUT2D eigenvalue weighted by Gasteiger charge is 2.20. The Morgan fingerprint density at radius 1 is 1.33 bits per heavy atom. The van der Waals surface area contributed by atoms with Gasteiger partial charge in [-0.2, -0.15) is 0 Å². The van der Waals surface area contributed by atoms with E-state index in [9.17, 15) is 5.11 Å². The van der Waals surface area contributed by atoms with Crippen LogP contribution in [0.5, 0.6) is 0 Å². The number of hydrogen-bond acceptors (Lipinski definition) is 2. The Labute approximate surface area is 99.6 Å². The summed E-state index contributed by atoms with van der Waals surface area (Å²) in [5.41, 5.74) is 6.78. The van der Waals surface area contributed by atoms with Gasteiger partial charge in [-0.05, 0) is 37.1 Å². The monoisotopic (exact) mass is 271 g/mol. The number of rotatable bonds is 5. The summed E-state index contributed by atoms with van der Waals surface area (Å²) >= 11 is 3.40. The van der Waals surface area contributed by atoms with E-state index >= 15 is 0 Å². The number of benzene rings is 1. The SMILES string of the molecule is CC(CN)(CO)CCc1ccc(Br)cc1. The van der Waals surface area contributed by atoms with Crippen LogP contribution in [0.4, 0.5) is 0 Å². The van der Waals surface area contributed by atoms with Gasteiger partial charge in [0.2, 0.25) is 0 Å². The van der Waals surface area contributed by atoms with Crippen molar-refractivity contribution in [3.8, 4) is 0 Å². The molecule has 1 aromatic carbocycles. The smallest absolute Gasteiger partial charge is 0.0496 e. The molecule has 0 saturated heterocycles. The van der Waals surface area contributed by atoms with E-state index in [0.29, 0.717) is 6.54 Å². The number of aryl methyl sites for hydroxylation is 1. The van der Waals surface area contributed by atoms with Crippen LogP contribution >= 0.6 is 15.9 Å². The maximum atomic E-state index is 9.22. The van der Waals surface area contributed by atoms with Crippen LogP contribution in [-0.4, -0.2) is 18.3 Å². The van der Waals surface area contributed by atoms with E-state index in [1.165, 1.54) is 5.56 Å². The molecule has 0 aliphatic carbocycles. The van der Waals surface area contributed by atoms with Crippen LogP contribution in [0.2, 0.25) is 0 Å². The lowest BCUT2D eigenvalue weighted by atomic mass is 9.85. The number of halogens is 1. The minimum atomic E-state index is -0.146. The second-order valence-electron chi connectivity index (χ2n) is 4.30. The van der Waals surface area contributed by atoms with Crippen molar-refractivity contribution in [1.82, 2.24) is 0 Å². The van der Waals surface area contributed by atoms with Crippen molar-refractivity contribution in [1.29, 1.82) is 0 Å². The second-order valence-corrected chi connectivity index (χ2v) is 5.22. The van der Waals surface area contributed by atoms with Gasteiger partial charge in [-0.25, -0.2) is 0 Å². The molecule has 0 radical (unpaired) electrons. The molecule has 0 bridgehead atoms. The first kappa shape index (κ1) is 12.7. The highest BCUT2D eigenvalue weighted by atomic mass is 79.9. The van der Waals surface area contributed by atoms with E-state index < -0.39 is 0 Å². The Morgan fingerprint density at radius 2 is 1.93 bits per heavy atom. The third-order valence-electron chi connectivity index (χ3n) is 2.81. The molecule has 0 spiro atoms. The minimum absolute atomic E-state index is 0.146. The maximum absolute atomic E-state index is 9.22. The lowest BCUT2D eigenvalue weighted by Gasteiger charge is -2.25. The van der Waals surface area contributed by atoms with Crippen LogP contribution in [0, 0.1) is 5.41 Å². The van der Waals surface area contributed by atoms with Gasteiger partial charge in [0.15, 0.2) is 0 Å². The summed E-state index contributed by atoms with van der Waals surface area (Å²) in [5, 5.41) is 9.22. The molecule has 0 aromatic heterocycles. The van der Waals surface area contributed by atoms with E-state index in [2.05, 4.69) is 28.1 Å². The molecule has 1 aromatic rings. The van der Waals surface area contributed by atoms with Gasteiger partial charge in [-0.1, -0.05) is 35.0 Å². The molecule has 1 rings (SSSR count). The van der Waals surface area contributed by atoms with Crippen molar-refractivity contribution < 1.29 is 5.11 Å². The predicted octanol–water partition coefficient (Wildman–Crippen LogP) is 2.34. The Bertz CT molecular complexity index is 293. The zero-order valence-corrected chi connectivity index (χ0v) is 10.6. The van der Waals surface area contributed by atoms with Gasteiger partial charge in [-0.3, -0.25) is 0 Å². The molecule has 0 aliphatic rings. The molecule has 0 aliphatic heterocycles. The van der Waals surface area contributed by atoms with Crippen molar-refractivity contribution in [3.63, 3.8) is 0 Å². The Hall–Kier alpha value is -0.380. The first-order valence-corrected chi connectivity index (χ1v) is 5.94.